The normalized spacial score (nSPS) is 12.0. The minimum absolute atomic E-state index is 0.00543. The second kappa shape index (κ2) is 13.1. The van der Waals surface area contributed by atoms with E-state index in [4.69, 9.17) is 0 Å². The Morgan fingerprint density at radius 2 is 0.700 bits per heavy atom. The summed E-state index contributed by atoms with van der Waals surface area (Å²) in [5.41, 5.74) is 12.6. The maximum Gasteiger partial charge on any atom is 0.197 e. The molecule has 0 aliphatic rings. The van der Waals surface area contributed by atoms with Gasteiger partial charge in [0.05, 0.1) is 22.1 Å². The van der Waals surface area contributed by atoms with Crippen molar-refractivity contribution in [2.45, 2.75) is 92.9 Å². The molecule has 0 atom stereocenters. The molecule has 0 unspecified atom stereocenters. The van der Waals surface area contributed by atoms with Gasteiger partial charge in [0, 0.05) is 32.9 Å². The van der Waals surface area contributed by atoms with Crippen LogP contribution in [0.4, 0.5) is 0 Å². The summed E-state index contributed by atoms with van der Waals surface area (Å²) in [6.45, 7) is 17.4. The minimum Gasteiger partial charge on any atom is -0.309 e. The quantitative estimate of drug-likeness (QED) is 0.152. The zero-order chi connectivity index (χ0) is 35.4. The van der Waals surface area contributed by atoms with Gasteiger partial charge in [-0.25, -0.2) is 0 Å². The monoisotopic (exact) mass is 660 g/mol. The highest BCUT2D eigenvalue weighted by atomic mass is 16.1. The third kappa shape index (κ3) is 5.37. The third-order valence-corrected chi connectivity index (χ3v) is 10.9. The fraction of sp³-hybridized carbons (Fsp3) is 0.304. The number of hydrogen-bond acceptors (Lipinski definition) is 2. The van der Waals surface area contributed by atoms with Gasteiger partial charge in [-0.3, -0.25) is 9.59 Å². The van der Waals surface area contributed by atoms with E-state index in [1.54, 1.807) is 0 Å². The second-order valence-electron chi connectivity index (χ2n) is 14.4. The van der Waals surface area contributed by atoms with E-state index in [9.17, 15) is 9.59 Å². The van der Waals surface area contributed by atoms with Gasteiger partial charge in [-0.2, -0.15) is 0 Å². The van der Waals surface area contributed by atoms with Gasteiger partial charge in [0.1, 0.15) is 0 Å². The van der Waals surface area contributed by atoms with E-state index in [0.29, 0.717) is 33.4 Å². The molecule has 2 aromatic heterocycles. The van der Waals surface area contributed by atoms with Gasteiger partial charge in [-0.15, -0.1) is 0 Å². The lowest BCUT2D eigenvalue weighted by Gasteiger charge is -2.21. The Hall–Kier alpha value is -4.96. The molecule has 7 rings (SSSR count). The summed E-state index contributed by atoms with van der Waals surface area (Å²) in [5.74, 6) is 0.800. The van der Waals surface area contributed by atoms with E-state index < -0.39 is 0 Å². The van der Waals surface area contributed by atoms with Crippen LogP contribution in [0.2, 0.25) is 0 Å². The average molecular weight is 661 g/mol. The first-order valence-electron chi connectivity index (χ1n) is 18.5. The van der Waals surface area contributed by atoms with Gasteiger partial charge in [0.2, 0.25) is 0 Å². The molecule has 0 aliphatic heterocycles. The summed E-state index contributed by atoms with van der Waals surface area (Å²) in [6, 6.07) is 29.9. The maximum absolute atomic E-state index is 14.7. The van der Waals surface area contributed by atoms with Crippen LogP contribution >= 0.6 is 0 Å². The highest BCUT2D eigenvalue weighted by Crippen LogP contribution is 2.33. The topological polar surface area (TPSA) is 44.0 Å². The van der Waals surface area contributed by atoms with Gasteiger partial charge in [0.25, 0.3) is 0 Å². The van der Waals surface area contributed by atoms with Gasteiger partial charge in [0.15, 0.2) is 10.9 Å². The van der Waals surface area contributed by atoms with Crippen molar-refractivity contribution in [2.24, 2.45) is 0 Å². The summed E-state index contributed by atoms with van der Waals surface area (Å²) in [7, 11) is 0. The molecule has 7 aromatic rings. The van der Waals surface area contributed by atoms with Crippen LogP contribution in [-0.2, 0) is 25.7 Å². The summed E-state index contributed by atoms with van der Waals surface area (Å²) in [4.78, 5) is 29.5. The molecule has 0 spiro atoms. The zero-order valence-electron chi connectivity index (χ0n) is 30.8. The van der Waals surface area contributed by atoms with Crippen LogP contribution in [0.25, 0.3) is 55.0 Å². The van der Waals surface area contributed by atoms with Crippen LogP contribution < -0.4 is 10.9 Å². The molecular formula is C46H48N2O2. The van der Waals surface area contributed by atoms with Crippen LogP contribution in [-0.4, -0.2) is 9.13 Å². The smallest absolute Gasteiger partial charge is 0.197 e. The molecule has 0 saturated heterocycles. The molecule has 4 heteroatoms. The highest BCUT2D eigenvalue weighted by molar-refractivity contribution is 6.05. The van der Waals surface area contributed by atoms with Crippen LogP contribution in [0.3, 0.4) is 0 Å². The number of fused-ring (bicyclic) bond motifs is 4. The molecule has 50 heavy (non-hydrogen) atoms. The van der Waals surface area contributed by atoms with Gasteiger partial charge in [-0.05, 0) is 132 Å². The Labute approximate surface area is 295 Å². The lowest BCUT2D eigenvalue weighted by atomic mass is 9.96. The predicted octanol–water partition coefficient (Wildman–Crippen LogP) is 11.1. The average Bonchev–Trinajstić information content (AvgIpc) is 3.14. The molecule has 5 aromatic carbocycles. The molecule has 2 heterocycles. The van der Waals surface area contributed by atoms with Crippen LogP contribution in [0.15, 0.2) is 94.5 Å². The second-order valence-corrected chi connectivity index (χ2v) is 14.4. The maximum atomic E-state index is 14.7. The molecule has 0 aliphatic carbocycles. The first-order chi connectivity index (χ1) is 24.1. The lowest BCUT2D eigenvalue weighted by molar-refractivity contribution is 0.865. The van der Waals surface area contributed by atoms with E-state index >= 15 is 0 Å². The number of nitrogens with zero attached hydrogens (tertiary/aromatic N) is 2. The summed E-state index contributed by atoms with van der Waals surface area (Å²) in [6.07, 6.45) is 3.46. The van der Waals surface area contributed by atoms with E-state index in [2.05, 4.69) is 137 Å². The molecule has 254 valence electrons. The Kier molecular flexibility index (Phi) is 8.76. The van der Waals surface area contributed by atoms with Crippen molar-refractivity contribution < 1.29 is 0 Å². The molecule has 0 fully saturated rings. The van der Waals surface area contributed by atoms with Crippen LogP contribution in [0.1, 0.15) is 101 Å². The van der Waals surface area contributed by atoms with E-state index in [1.165, 1.54) is 33.4 Å². The van der Waals surface area contributed by atoms with Crippen molar-refractivity contribution in [2.75, 3.05) is 0 Å². The van der Waals surface area contributed by atoms with Crippen LogP contribution in [0, 0.1) is 0 Å². The summed E-state index contributed by atoms with van der Waals surface area (Å²) >= 11 is 0. The molecule has 0 amide bonds. The van der Waals surface area contributed by atoms with Gasteiger partial charge in [-0.1, -0.05) is 79.7 Å². The van der Waals surface area contributed by atoms with Crippen molar-refractivity contribution in [3.05, 3.63) is 139 Å². The van der Waals surface area contributed by atoms with Crippen molar-refractivity contribution in [1.29, 1.82) is 0 Å². The molecule has 4 nitrogen and oxygen atoms in total. The van der Waals surface area contributed by atoms with E-state index in [0.717, 1.165) is 59.1 Å². The number of aromatic nitrogens is 2. The van der Waals surface area contributed by atoms with Gasteiger partial charge >= 0.3 is 0 Å². The Bertz CT molecular complexity index is 2370. The van der Waals surface area contributed by atoms with Crippen LogP contribution in [0.5, 0.6) is 0 Å². The Morgan fingerprint density at radius 3 is 1.00 bits per heavy atom. The van der Waals surface area contributed by atoms with Crippen molar-refractivity contribution in [1.82, 2.24) is 9.13 Å². The summed E-state index contributed by atoms with van der Waals surface area (Å²) in [5, 5.41) is 2.62. The molecule has 0 N–H and O–H groups in total. The molecular weight excluding hydrogens is 613 g/mol. The fourth-order valence-electron chi connectivity index (χ4n) is 7.84. The third-order valence-electron chi connectivity index (χ3n) is 10.9. The number of hydrogen-bond donors (Lipinski definition) is 0. The SMILES string of the molecule is CCc1cc2c(=O)c3cc4c(cc3n(-c3ccc(C(C)C)cc3)c2cc1CC)c(=O)c1cc(CC)c(CC)cc1n4-c1ccc(C(C)C)cc1. The van der Waals surface area contributed by atoms with Gasteiger partial charge < -0.3 is 9.13 Å². The largest absolute Gasteiger partial charge is 0.309 e. The zero-order valence-corrected chi connectivity index (χ0v) is 30.8. The molecule has 0 radical (unpaired) electrons. The first kappa shape index (κ1) is 33.5. The number of rotatable bonds is 8. The molecule has 0 bridgehead atoms. The minimum atomic E-state index is -0.00543. The number of pyridine rings is 2. The predicted molar refractivity (Wildman–Crippen MR) is 213 cm³/mol. The van der Waals surface area contributed by atoms with E-state index in [-0.39, 0.29) is 10.9 Å². The van der Waals surface area contributed by atoms with Crippen molar-refractivity contribution >= 4 is 43.6 Å². The fourth-order valence-corrected chi connectivity index (χ4v) is 7.84. The standard InChI is InChI=1S/C46H48N2O2/c1-9-29-21-37-41(23-31(29)11-3)47(35-17-13-33(14-18-35)27(5)6)43-26-40-44(25-39(43)45(37)49)48(36-19-15-34(16-20-36)28(7)8)42-24-32(12-4)30(10-2)22-38(42)46(40)50/h13-28H,9-12H2,1-8H3. The molecule has 0 saturated carbocycles. The highest BCUT2D eigenvalue weighted by Gasteiger charge is 2.21. The Morgan fingerprint density at radius 1 is 0.420 bits per heavy atom. The lowest BCUT2D eigenvalue weighted by Crippen LogP contribution is -2.16. The van der Waals surface area contributed by atoms with Crippen molar-refractivity contribution in [3.63, 3.8) is 0 Å². The van der Waals surface area contributed by atoms with Crippen molar-refractivity contribution in [3.8, 4) is 11.4 Å². The number of benzene rings is 5. The Balaban J connectivity index is 1.70. The first-order valence-corrected chi connectivity index (χ1v) is 18.5. The number of aryl methyl sites for hydroxylation is 4. The van der Waals surface area contributed by atoms with E-state index in [1.807, 2.05) is 12.1 Å². The summed E-state index contributed by atoms with van der Waals surface area (Å²) < 4.78 is 4.41.